The molecule has 3 heteroatoms. The van der Waals surface area contributed by atoms with Gasteiger partial charge in [0.15, 0.2) is 0 Å². The van der Waals surface area contributed by atoms with Crippen molar-refractivity contribution in [2.45, 2.75) is 32.2 Å². The lowest BCUT2D eigenvalue weighted by molar-refractivity contribution is 0.693. The Labute approximate surface area is 91.3 Å². The smallest absolute Gasteiger partial charge is 0.0549 e. The molecule has 0 bridgehead atoms. The molecule has 1 heterocycles. The van der Waals surface area contributed by atoms with Gasteiger partial charge in [0.05, 0.1) is 23.8 Å². The van der Waals surface area contributed by atoms with Crippen LogP contribution in [-0.4, -0.2) is 18.1 Å². The van der Waals surface area contributed by atoms with Crippen molar-refractivity contribution in [3.05, 3.63) is 18.5 Å². The predicted octanol–water partition coefficient (Wildman–Crippen LogP) is 2.72. The van der Waals surface area contributed by atoms with Crippen LogP contribution in [0.15, 0.2) is 18.5 Å². The normalized spacial score (nSPS) is 23.6. The number of nitrogens with zero attached hydrogens (tertiary/aromatic N) is 1. The average Bonchev–Trinajstić information content (AvgIpc) is 2.97. The van der Waals surface area contributed by atoms with Gasteiger partial charge in [-0.15, -0.1) is 0 Å². The van der Waals surface area contributed by atoms with Crippen LogP contribution in [0.4, 0.5) is 11.4 Å². The van der Waals surface area contributed by atoms with Crippen LogP contribution in [0.25, 0.3) is 0 Å². The SMILES string of the molecule is CCCC1CC1Nc1cncc(NC)c1. The average molecular weight is 205 g/mol. The third kappa shape index (κ3) is 2.61. The van der Waals surface area contributed by atoms with Crippen LogP contribution in [0, 0.1) is 5.92 Å². The maximum Gasteiger partial charge on any atom is 0.0549 e. The van der Waals surface area contributed by atoms with Crippen molar-refractivity contribution in [1.29, 1.82) is 0 Å². The molecule has 2 atom stereocenters. The summed E-state index contributed by atoms with van der Waals surface area (Å²) < 4.78 is 0. The Morgan fingerprint density at radius 3 is 2.93 bits per heavy atom. The van der Waals surface area contributed by atoms with Crippen LogP contribution in [0.2, 0.25) is 0 Å². The van der Waals surface area contributed by atoms with E-state index in [1.807, 2.05) is 19.4 Å². The molecule has 0 aromatic carbocycles. The highest BCUT2D eigenvalue weighted by Crippen LogP contribution is 2.37. The van der Waals surface area contributed by atoms with E-state index < -0.39 is 0 Å². The van der Waals surface area contributed by atoms with Gasteiger partial charge in [-0.2, -0.15) is 0 Å². The molecule has 0 saturated heterocycles. The summed E-state index contributed by atoms with van der Waals surface area (Å²) in [5.41, 5.74) is 2.19. The Morgan fingerprint density at radius 2 is 2.20 bits per heavy atom. The van der Waals surface area contributed by atoms with Gasteiger partial charge in [-0.25, -0.2) is 0 Å². The van der Waals surface area contributed by atoms with Crippen LogP contribution in [0.1, 0.15) is 26.2 Å². The Bertz CT molecular complexity index is 324. The van der Waals surface area contributed by atoms with Crippen molar-refractivity contribution in [2.24, 2.45) is 5.92 Å². The molecule has 3 nitrogen and oxygen atoms in total. The molecule has 82 valence electrons. The fourth-order valence-corrected chi connectivity index (χ4v) is 1.98. The molecular formula is C12H19N3. The van der Waals surface area contributed by atoms with Gasteiger partial charge >= 0.3 is 0 Å². The summed E-state index contributed by atoms with van der Waals surface area (Å²) in [4.78, 5) is 4.18. The molecule has 1 saturated carbocycles. The lowest BCUT2D eigenvalue weighted by Gasteiger charge is -2.07. The topological polar surface area (TPSA) is 37.0 Å². The zero-order valence-electron chi connectivity index (χ0n) is 9.46. The molecule has 2 N–H and O–H groups in total. The van der Waals surface area contributed by atoms with E-state index in [4.69, 9.17) is 0 Å². The quantitative estimate of drug-likeness (QED) is 0.776. The van der Waals surface area contributed by atoms with Crippen LogP contribution in [0.5, 0.6) is 0 Å². The molecule has 0 aliphatic heterocycles. The zero-order valence-corrected chi connectivity index (χ0v) is 9.46. The maximum atomic E-state index is 4.18. The number of nitrogens with one attached hydrogen (secondary N) is 2. The van der Waals surface area contributed by atoms with Gasteiger partial charge in [0.1, 0.15) is 0 Å². The van der Waals surface area contributed by atoms with E-state index in [2.05, 4.69) is 28.6 Å². The van der Waals surface area contributed by atoms with E-state index >= 15 is 0 Å². The number of hydrogen-bond donors (Lipinski definition) is 2. The Balaban J connectivity index is 1.89. The van der Waals surface area contributed by atoms with Gasteiger partial charge < -0.3 is 10.6 Å². The highest BCUT2D eigenvalue weighted by Gasteiger charge is 2.35. The lowest BCUT2D eigenvalue weighted by atomic mass is 10.2. The molecular weight excluding hydrogens is 186 g/mol. The minimum atomic E-state index is 0.679. The van der Waals surface area contributed by atoms with E-state index in [9.17, 15) is 0 Å². The molecule has 1 aliphatic rings. The van der Waals surface area contributed by atoms with Crippen LogP contribution in [-0.2, 0) is 0 Å². The molecule has 15 heavy (non-hydrogen) atoms. The molecule has 1 aromatic heterocycles. The first-order valence-corrected chi connectivity index (χ1v) is 5.72. The standard InChI is InChI=1S/C12H19N3/c1-3-4-9-5-12(9)15-11-6-10(13-2)7-14-8-11/h6-9,12-13,15H,3-5H2,1-2H3. The lowest BCUT2D eigenvalue weighted by Crippen LogP contribution is -2.05. The Hall–Kier alpha value is -1.25. The van der Waals surface area contributed by atoms with Gasteiger partial charge in [0.2, 0.25) is 0 Å². The number of anilines is 2. The van der Waals surface area contributed by atoms with Crippen LogP contribution < -0.4 is 10.6 Å². The van der Waals surface area contributed by atoms with E-state index in [-0.39, 0.29) is 0 Å². The molecule has 1 aromatic rings. The van der Waals surface area contributed by atoms with Crippen molar-refractivity contribution < 1.29 is 0 Å². The van der Waals surface area contributed by atoms with Gasteiger partial charge in [0.25, 0.3) is 0 Å². The second kappa shape index (κ2) is 4.51. The summed E-state index contributed by atoms with van der Waals surface area (Å²) >= 11 is 0. The Kier molecular flexibility index (Phi) is 3.09. The number of pyridine rings is 1. The van der Waals surface area contributed by atoms with Crippen LogP contribution in [0.3, 0.4) is 0 Å². The summed E-state index contributed by atoms with van der Waals surface area (Å²) in [6, 6.07) is 2.78. The van der Waals surface area contributed by atoms with Gasteiger partial charge in [-0.05, 0) is 24.8 Å². The van der Waals surface area contributed by atoms with Crippen molar-refractivity contribution in [2.75, 3.05) is 17.7 Å². The minimum Gasteiger partial charge on any atom is -0.387 e. The summed E-state index contributed by atoms with van der Waals surface area (Å²) in [6.45, 7) is 2.25. The molecule has 1 aliphatic carbocycles. The van der Waals surface area contributed by atoms with Gasteiger partial charge in [-0.3, -0.25) is 4.98 Å². The summed E-state index contributed by atoms with van der Waals surface area (Å²) in [5, 5.41) is 6.62. The summed E-state index contributed by atoms with van der Waals surface area (Å²) in [7, 11) is 1.91. The molecule has 2 rings (SSSR count). The number of rotatable bonds is 5. The fraction of sp³-hybridized carbons (Fsp3) is 0.583. The highest BCUT2D eigenvalue weighted by atomic mass is 15.0. The second-order valence-electron chi connectivity index (χ2n) is 4.25. The number of hydrogen-bond acceptors (Lipinski definition) is 3. The molecule has 2 unspecified atom stereocenters. The first kappa shape index (κ1) is 10.3. The summed E-state index contributed by atoms with van der Waals surface area (Å²) in [5.74, 6) is 0.883. The second-order valence-corrected chi connectivity index (χ2v) is 4.25. The molecule has 0 radical (unpaired) electrons. The third-order valence-corrected chi connectivity index (χ3v) is 2.96. The predicted molar refractivity (Wildman–Crippen MR) is 64.2 cm³/mol. The zero-order chi connectivity index (χ0) is 10.7. The first-order chi connectivity index (χ1) is 7.33. The van der Waals surface area contributed by atoms with Gasteiger partial charge in [0, 0.05) is 13.1 Å². The summed E-state index contributed by atoms with van der Waals surface area (Å²) in [6.07, 6.45) is 7.68. The van der Waals surface area contributed by atoms with E-state index in [1.165, 1.54) is 19.3 Å². The first-order valence-electron chi connectivity index (χ1n) is 5.72. The van der Waals surface area contributed by atoms with Crippen molar-refractivity contribution in [3.8, 4) is 0 Å². The molecule has 1 fully saturated rings. The van der Waals surface area contributed by atoms with Crippen molar-refractivity contribution in [1.82, 2.24) is 4.98 Å². The van der Waals surface area contributed by atoms with E-state index in [0.29, 0.717) is 6.04 Å². The highest BCUT2D eigenvalue weighted by molar-refractivity contribution is 5.54. The molecule has 0 amide bonds. The largest absolute Gasteiger partial charge is 0.387 e. The number of aromatic nitrogens is 1. The van der Waals surface area contributed by atoms with Crippen molar-refractivity contribution in [3.63, 3.8) is 0 Å². The fourth-order valence-electron chi connectivity index (χ4n) is 1.98. The van der Waals surface area contributed by atoms with Crippen molar-refractivity contribution >= 4 is 11.4 Å². The maximum absolute atomic E-state index is 4.18. The Morgan fingerprint density at radius 1 is 1.40 bits per heavy atom. The van der Waals surface area contributed by atoms with Gasteiger partial charge in [-0.1, -0.05) is 13.3 Å². The van der Waals surface area contributed by atoms with E-state index in [1.54, 1.807) is 0 Å². The third-order valence-electron chi connectivity index (χ3n) is 2.96. The molecule has 0 spiro atoms. The van der Waals surface area contributed by atoms with Crippen LogP contribution >= 0.6 is 0 Å². The monoisotopic (exact) mass is 205 g/mol. The van der Waals surface area contributed by atoms with E-state index in [0.717, 1.165) is 17.3 Å². The minimum absolute atomic E-state index is 0.679.